The van der Waals surface area contributed by atoms with Crippen LogP contribution in [0.3, 0.4) is 0 Å². The van der Waals surface area contributed by atoms with Crippen molar-refractivity contribution in [1.29, 1.82) is 0 Å². The number of rotatable bonds is 3. The Balaban J connectivity index is 2.30. The van der Waals surface area contributed by atoms with Gasteiger partial charge >= 0.3 is 0 Å². The molecule has 0 N–H and O–H groups in total. The first-order valence-electron chi connectivity index (χ1n) is 5.30. The predicted molar refractivity (Wildman–Crippen MR) is 66.9 cm³/mol. The van der Waals surface area contributed by atoms with Gasteiger partial charge in [-0.25, -0.2) is 0 Å². The van der Waals surface area contributed by atoms with E-state index >= 15 is 0 Å². The largest absolute Gasteiger partial charge is 0.493 e. The van der Waals surface area contributed by atoms with Crippen LogP contribution in [0.15, 0.2) is 28.8 Å². The minimum absolute atomic E-state index is 0.110. The molecule has 1 aliphatic heterocycles. The van der Waals surface area contributed by atoms with Gasteiger partial charge in [-0.3, -0.25) is 4.79 Å². The van der Waals surface area contributed by atoms with Crippen LogP contribution < -0.4 is 4.74 Å². The van der Waals surface area contributed by atoms with E-state index in [-0.39, 0.29) is 5.78 Å². The molecular weight excluding hydrogens is 268 g/mol. The molecule has 1 aliphatic rings. The quantitative estimate of drug-likeness (QED) is 0.796. The van der Waals surface area contributed by atoms with Crippen LogP contribution >= 0.6 is 15.9 Å². The molecule has 0 atom stereocenters. The molecule has 1 heterocycles. The van der Waals surface area contributed by atoms with Crippen molar-refractivity contribution in [2.45, 2.75) is 19.8 Å². The molecule has 0 spiro atoms. The summed E-state index contributed by atoms with van der Waals surface area (Å²) in [5, 5.41) is 0. The third-order valence-electron chi connectivity index (χ3n) is 2.54. The van der Waals surface area contributed by atoms with Crippen molar-refractivity contribution in [3.8, 4) is 5.75 Å². The number of hydrogen-bond donors (Lipinski definition) is 0. The van der Waals surface area contributed by atoms with Gasteiger partial charge in [0.2, 0.25) is 0 Å². The normalized spacial score (nSPS) is 13.9. The number of carbonyl (C=O) groups is 1. The summed E-state index contributed by atoms with van der Waals surface area (Å²) in [4.78, 5) is 11.6. The predicted octanol–water partition coefficient (Wildman–Crippen LogP) is 3.07. The zero-order chi connectivity index (χ0) is 11.5. The lowest BCUT2D eigenvalue weighted by Gasteiger charge is -2.07. The topological polar surface area (TPSA) is 26.3 Å². The molecule has 2 nitrogen and oxygen atoms in total. The van der Waals surface area contributed by atoms with E-state index in [0.29, 0.717) is 6.42 Å². The van der Waals surface area contributed by atoms with E-state index in [4.69, 9.17) is 4.74 Å². The number of carbonyl (C=O) groups excluding carboxylic acids is 1. The molecule has 0 amide bonds. The Kier molecular flexibility index (Phi) is 3.44. The van der Waals surface area contributed by atoms with Gasteiger partial charge in [-0.2, -0.15) is 0 Å². The van der Waals surface area contributed by atoms with Crippen LogP contribution in [0.2, 0.25) is 0 Å². The first-order chi connectivity index (χ1) is 7.70. The van der Waals surface area contributed by atoms with E-state index in [0.717, 1.165) is 28.8 Å². The highest BCUT2D eigenvalue weighted by atomic mass is 79.9. The Bertz CT molecular complexity index is 449. The van der Waals surface area contributed by atoms with E-state index in [1.54, 1.807) is 12.2 Å². The van der Waals surface area contributed by atoms with Gasteiger partial charge in [0.25, 0.3) is 0 Å². The minimum Gasteiger partial charge on any atom is -0.493 e. The van der Waals surface area contributed by atoms with E-state index in [1.165, 1.54) is 5.56 Å². The van der Waals surface area contributed by atoms with Gasteiger partial charge < -0.3 is 4.74 Å². The SMILES string of the molecule is C/C=C/C(=O)Cc1cc(Br)cc2c1OCC2. The summed E-state index contributed by atoms with van der Waals surface area (Å²) in [6.07, 6.45) is 4.70. The monoisotopic (exact) mass is 280 g/mol. The van der Waals surface area contributed by atoms with Crippen LogP contribution in [0.1, 0.15) is 18.1 Å². The van der Waals surface area contributed by atoms with Crippen molar-refractivity contribution in [2.75, 3.05) is 6.61 Å². The van der Waals surface area contributed by atoms with Gasteiger partial charge in [0.1, 0.15) is 5.75 Å². The van der Waals surface area contributed by atoms with Gasteiger partial charge in [-0.1, -0.05) is 22.0 Å². The summed E-state index contributed by atoms with van der Waals surface area (Å²) < 4.78 is 6.58. The highest BCUT2D eigenvalue weighted by Crippen LogP contribution is 2.33. The highest BCUT2D eigenvalue weighted by molar-refractivity contribution is 9.10. The fourth-order valence-corrected chi connectivity index (χ4v) is 2.46. The second-order valence-corrected chi connectivity index (χ2v) is 4.71. The standard InChI is InChI=1S/C13H13BrO2/c1-2-3-12(15)8-10-7-11(14)6-9-4-5-16-13(9)10/h2-3,6-7H,4-5,8H2,1H3/b3-2+. The van der Waals surface area contributed by atoms with Crippen molar-refractivity contribution in [1.82, 2.24) is 0 Å². The first kappa shape index (κ1) is 11.4. The fourth-order valence-electron chi connectivity index (χ4n) is 1.91. The Labute approximate surface area is 103 Å². The summed E-state index contributed by atoms with van der Waals surface area (Å²) in [7, 11) is 0. The number of benzene rings is 1. The van der Waals surface area contributed by atoms with Crippen molar-refractivity contribution in [2.24, 2.45) is 0 Å². The summed E-state index contributed by atoms with van der Waals surface area (Å²) in [6, 6.07) is 4.03. The van der Waals surface area contributed by atoms with Crippen LogP contribution in [-0.2, 0) is 17.6 Å². The maximum absolute atomic E-state index is 11.6. The molecule has 0 radical (unpaired) electrons. The molecule has 3 heteroatoms. The average Bonchev–Trinajstić information content (AvgIpc) is 2.65. The molecule has 16 heavy (non-hydrogen) atoms. The van der Waals surface area contributed by atoms with Gasteiger partial charge in [0, 0.05) is 22.9 Å². The summed E-state index contributed by atoms with van der Waals surface area (Å²) in [5.41, 5.74) is 2.17. The molecule has 0 saturated heterocycles. The lowest BCUT2D eigenvalue weighted by Crippen LogP contribution is -2.00. The maximum Gasteiger partial charge on any atom is 0.159 e. The second kappa shape index (κ2) is 4.83. The number of hydrogen-bond acceptors (Lipinski definition) is 2. The number of fused-ring (bicyclic) bond motifs is 1. The molecule has 0 saturated carbocycles. The molecule has 2 rings (SSSR count). The second-order valence-electron chi connectivity index (χ2n) is 3.79. The minimum atomic E-state index is 0.110. The first-order valence-corrected chi connectivity index (χ1v) is 6.09. The zero-order valence-corrected chi connectivity index (χ0v) is 10.7. The Morgan fingerprint density at radius 3 is 3.12 bits per heavy atom. The number of halogens is 1. The van der Waals surface area contributed by atoms with Gasteiger partial charge in [0.15, 0.2) is 5.78 Å². The molecule has 0 bridgehead atoms. The van der Waals surface area contributed by atoms with Crippen molar-refractivity contribution in [3.05, 3.63) is 39.9 Å². The van der Waals surface area contributed by atoms with Crippen LogP contribution in [-0.4, -0.2) is 12.4 Å². The van der Waals surface area contributed by atoms with Crippen LogP contribution in [0.25, 0.3) is 0 Å². The smallest absolute Gasteiger partial charge is 0.159 e. The highest BCUT2D eigenvalue weighted by Gasteiger charge is 2.18. The van der Waals surface area contributed by atoms with Gasteiger partial charge in [-0.05, 0) is 30.7 Å². The van der Waals surface area contributed by atoms with Crippen LogP contribution in [0.5, 0.6) is 5.75 Å². The molecule has 0 unspecified atom stereocenters. The van der Waals surface area contributed by atoms with Crippen LogP contribution in [0.4, 0.5) is 0 Å². The summed E-state index contributed by atoms with van der Waals surface area (Å²) in [5.74, 6) is 1.01. The lowest BCUT2D eigenvalue weighted by molar-refractivity contribution is -0.114. The van der Waals surface area contributed by atoms with Gasteiger partial charge in [-0.15, -0.1) is 0 Å². The Hall–Kier alpha value is -1.09. The third kappa shape index (κ3) is 2.35. The van der Waals surface area contributed by atoms with E-state index in [2.05, 4.69) is 22.0 Å². The van der Waals surface area contributed by atoms with Gasteiger partial charge in [0.05, 0.1) is 6.61 Å². The molecule has 0 aromatic heterocycles. The molecule has 1 aromatic carbocycles. The average molecular weight is 281 g/mol. The molecule has 84 valence electrons. The van der Waals surface area contributed by atoms with Crippen LogP contribution in [0, 0.1) is 0 Å². The number of ether oxygens (including phenoxy) is 1. The summed E-state index contributed by atoms with van der Waals surface area (Å²) >= 11 is 3.46. The Morgan fingerprint density at radius 2 is 2.38 bits per heavy atom. The van der Waals surface area contributed by atoms with Crippen molar-refractivity contribution in [3.63, 3.8) is 0 Å². The Morgan fingerprint density at radius 1 is 1.56 bits per heavy atom. The maximum atomic E-state index is 11.6. The van der Waals surface area contributed by atoms with E-state index in [1.807, 2.05) is 13.0 Å². The third-order valence-corrected chi connectivity index (χ3v) is 3.00. The fraction of sp³-hybridized carbons (Fsp3) is 0.308. The molecular formula is C13H13BrO2. The lowest BCUT2D eigenvalue weighted by atomic mass is 10.0. The van der Waals surface area contributed by atoms with Crippen molar-refractivity contribution >= 4 is 21.7 Å². The van der Waals surface area contributed by atoms with E-state index < -0.39 is 0 Å². The summed E-state index contributed by atoms with van der Waals surface area (Å²) in [6.45, 7) is 2.57. The van der Waals surface area contributed by atoms with E-state index in [9.17, 15) is 4.79 Å². The molecule has 0 fully saturated rings. The zero-order valence-electron chi connectivity index (χ0n) is 9.13. The number of ketones is 1. The van der Waals surface area contributed by atoms with Crippen molar-refractivity contribution < 1.29 is 9.53 Å². The molecule has 1 aromatic rings. The number of allylic oxidation sites excluding steroid dienone is 2. The molecule has 0 aliphatic carbocycles.